The maximum Gasteiger partial charge on any atom is 0.158 e. The first-order valence-electron chi connectivity index (χ1n) is 7.11. The van der Waals surface area contributed by atoms with E-state index in [0.717, 1.165) is 37.6 Å². The predicted octanol–water partition coefficient (Wildman–Crippen LogP) is 2.04. The van der Waals surface area contributed by atoms with Gasteiger partial charge in [-0.25, -0.2) is 9.97 Å². The summed E-state index contributed by atoms with van der Waals surface area (Å²) in [5.74, 6) is 2.30. The summed E-state index contributed by atoms with van der Waals surface area (Å²) in [5, 5.41) is 6.57. The monoisotopic (exact) mass is 280 g/mol. The van der Waals surface area contributed by atoms with E-state index in [0.29, 0.717) is 12.4 Å². The van der Waals surface area contributed by atoms with E-state index in [2.05, 4.69) is 20.6 Å². The fourth-order valence-corrected chi connectivity index (χ4v) is 2.33. The van der Waals surface area contributed by atoms with Crippen LogP contribution in [-0.4, -0.2) is 42.9 Å². The van der Waals surface area contributed by atoms with Crippen LogP contribution in [0.25, 0.3) is 0 Å². The van der Waals surface area contributed by atoms with Crippen molar-refractivity contribution >= 4 is 11.6 Å². The summed E-state index contributed by atoms with van der Waals surface area (Å²) < 4.78 is 10.7. The van der Waals surface area contributed by atoms with E-state index in [9.17, 15) is 0 Å². The van der Waals surface area contributed by atoms with Gasteiger partial charge in [-0.15, -0.1) is 0 Å². The highest BCUT2D eigenvalue weighted by atomic mass is 16.5. The van der Waals surface area contributed by atoms with E-state index < -0.39 is 0 Å². The predicted molar refractivity (Wildman–Crippen MR) is 79.0 cm³/mol. The standard InChI is InChI=1S/C14H24N4O2/c1-4-15-11-8-12(18-13(17-11)9-19-2)16-10-14(20-3)6-5-7-14/h8H,4-7,9-10H2,1-3H3,(H2,15,16,17,18). The molecule has 0 bridgehead atoms. The molecule has 20 heavy (non-hydrogen) atoms. The Bertz CT molecular complexity index is 405. The molecule has 1 fully saturated rings. The highest BCUT2D eigenvalue weighted by Crippen LogP contribution is 2.35. The van der Waals surface area contributed by atoms with E-state index >= 15 is 0 Å². The van der Waals surface area contributed by atoms with Crippen LogP contribution < -0.4 is 10.6 Å². The van der Waals surface area contributed by atoms with E-state index in [1.165, 1.54) is 6.42 Å². The van der Waals surface area contributed by atoms with Gasteiger partial charge in [0.25, 0.3) is 0 Å². The number of nitrogens with one attached hydrogen (secondary N) is 2. The fraction of sp³-hybridized carbons (Fsp3) is 0.714. The number of hydrogen-bond acceptors (Lipinski definition) is 6. The van der Waals surface area contributed by atoms with Gasteiger partial charge in [0.2, 0.25) is 0 Å². The Morgan fingerprint density at radius 1 is 1.20 bits per heavy atom. The fourth-order valence-electron chi connectivity index (χ4n) is 2.33. The third-order valence-electron chi connectivity index (χ3n) is 3.69. The van der Waals surface area contributed by atoms with Crippen molar-refractivity contribution in [1.29, 1.82) is 0 Å². The number of anilines is 2. The molecule has 112 valence electrons. The average Bonchev–Trinajstić information content (AvgIpc) is 2.38. The van der Waals surface area contributed by atoms with Gasteiger partial charge in [0.1, 0.15) is 18.2 Å². The number of methoxy groups -OCH3 is 2. The summed E-state index contributed by atoms with van der Waals surface area (Å²) >= 11 is 0. The molecule has 0 atom stereocenters. The number of rotatable bonds is 8. The summed E-state index contributed by atoms with van der Waals surface area (Å²) in [6.45, 7) is 4.05. The van der Waals surface area contributed by atoms with Crippen LogP contribution in [-0.2, 0) is 16.1 Å². The van der Waals surface area contributed by atoms with Gasteiger partial charge in [0, 0.05) is 33.4 Å². The maximum absolute atomic E-state index is 5.60. The second-order valence-corrected chi connectivity index (χ2v) is 5.11. The van der Waals surface area contributed by atoms with Crippen LogP contribution in [0.4, 0.5) is 11.6 Å². The smallest absolute Gasteiger partial charge is 0.158 e. The Labute approximate surface area is 120 Å². The van der Waals surface area contributed by atoms with E-state index in [4.69, 9.17) is 9.47 Å². The van der Waals surface area contributed by atoms with Crippen LogP contribution in [0.3, 0.4) is 0 Å². The first-order valence-corrected chi connectivity index (χ1v) is 7.11. The van der Waals surface area contributed by atoms with Crippen LogP contribution in [0.5, 0.6) is 0 Å². The van der Waals surface area contributed by atoms with Crippen molar-refractivity contribution < 1.29 is 9.47 Å². The third kappa shape index (κ3) is 3.58. The lowest BCUT2D eigenvalue weighted by atomic mass is 9.80. The van der Waals surface area contributed by atoms with Crippen molar-refractivity contribution in [3.63, 3.8) is 0 Å². The Morgan fingerprint density at radius 2 is 1.90 bits per heavy atom. The number of ether oxygens (including phenoxy) is 2. The SMILES string of the molecule is CCNc1cc(NCC2(OC)CCC2)nc(COC)n1. The van der Waals surface area contributed by atoms with Crippen molar-refractivity contribution in [2.45, 2.75) is 38.4 Å². The van der Waals surface area contributed by atoms with Crippen LogP contribution in [0.2, 0.25) is 0 Å². The second kappa shape index (κ2) is 6.85. The normalized spacial score (nSPS) is 16.6. The van der Waals surface area contributed by atoms with Crippen molar-refractivity contribution in [3.05, 3.63) is 11.9 Å². The van der Waals surface area contributed by atoms with Gasteiger partial charge in [-0.3, -0.25) is 0 Å². The molecule has 0 unspecified atom stereocenters. The molecule has 0 amide bonds. The lowest BCUT2D eigenvalue weighted by Gasteiger charge is -2.40. The van der Waals surface area contributed by atoms with Crippen molar-refractivity contribution in [2.24, 2.45) is 0 Å². The first kappa shape index (κ1) is 15.0. The largest absolute Gasteiger partial charge is 0.377 e. The van der Waals surface area contributed by atoms with E-state index in [1.807, 2.05) is 13.0 Å². The van der Waals surface area contributed by atoms with Crippen molar-refractivity contribution in [1.82, 2.24) is 9.97 Å². The van der Waals surface area contributed by atoms with Crippen molar-refractivity contribution in [2.75, 3.05) is 37.9 Å². The molecule has 1 aromatic rings. The highest BCUT2D eigenvalue weighted by molar-refractivity contribution is 5.47. The molecule has 1 aliphatic rings. The van der Waals surface area contributed by atoms with Crippen LogP contribution in [0.1, 0.15) is 32.0 Å². The molecule has 1 saturated carbocycles. The zero-order valence-corrected chi connectivity index (χ0v) is 12.5. The van der Waals surface area contributed by atoms with Gasteiger partial charge >= 0.3 is 0 Å². The Morgan fingerprint density at radius 3 is 2.40 bits per heavy atom. The first-order chi connectivity index (χ1) is 9.71. The minimum Gasteiger partial charge on any atom is -0.377 e. The van der Waals surface area contributed by atoms with Gasteiger partial charge in [0.15, 0.2) is 5.82 Å². The van der Waals surface area contributed by atoms with Gasteiger partial charge in [-0.05, 0) is 26.2 Å². The molecule has 0 radical (unpaired) electrons. The number of hydrogen-bond donors (Lipinski definition) is 2. The van der Waals surface area contributed by atoms with Crippen LogP contribution in [0.15, 0.2) is 6.07 Å². The Hall–Kier alpha value is -1.40. The molecule has 0 spiro atoms. The number of aromatic nitrogens is 2. The molecule has 1 aliphatic carbocycles. The lowest BCUT2D eigenvalue weighted by molar-refractivity contribution is -0.0601. The minimum atomic E-state index is -0.0231. The van der Waals surface area contributed by atoms with Gasteiger partial charge in [0.05, 0.1) is 5.60 Å². The van der Waals surface area contributed by atoms with Crippen LogP contribution >= 0.6 is 0 Å². The zero-order chi connectivity index (χ0) is 14.4. The van der Waals surface area contributed by atoms with Crippen molar-refractivity contribution in [3.8, 4) is 0 Å². The quantitative estimate of drug-likeness (QED) is 0.759. The van der Waals surface area contributed by atoms with E-state index in [1.54, 1.807) is 14.2 Å². The molecule has 0 aliphatic heterocycles. The lowest BCUT2D eigenvalue weighted by Crippen LogP contribution is -2.45. The molecular weight excluding hydrogens is 256 g/mol. The highest BCUT2D eigenvalue weighted by Gasteiger charge is 2.36. The molecule has 2 rings (SSSR count). The van der Waals surface area contributed by atoms with E-state index in [-0.39, 0.29) is 5.60 Å². The summed E-state index contributed by atoms with van der Waals surface area (Å²) in [7, 11) is 3.42. The molecule has 0 aromatic carbocycles. The zero-order valence-electron chi connectivity index (χ0n) is 12.5. The topological polar surface area (TPSA) is 68.3 Å². The molecule has 1 aromatic heterocycles. The third-order valence-corrected chi connectivity index (χ3v) is 3.69. The number of nitrogens with zero attached hydrogens (tertiary/aromatic N) is 2. The molecule has 6 heteroatoms. The minimum absolute atomic E-state index is 0.0231. The molecular formula is C14H24N4O2. The summed E-state index contributed by atoms with van der Waals surface area (Å²) in [6.07, 6.45) is 3.44. The van der Waals surface area contributed by atoms with Gasteiger partial charge in [-0.2, -0.15) is 0 Å². The molecule has 1 heterocycles. The van der Waals surface area contributed by atoms with Gasteiger partial charge in [-0.1, -0.05) is 0 Å². The molecule has 0 saturated heterocycles. The second-order valence-electron chi connectivity index (χ2n) is 5.11. The Balaban J connectivity index is 2.05. The summed E-state index contributed by atoms with van der Waals surface area (Å²) in [6, 6.07) is 1.92. The maximum atomic E-state index is 5.60. The van der Waals surface area contributed by atoms with Gasteiger partial charge < -0.3 is 20.1 Å². The Kier molecular flexibility index (Phi) is 5.14. The summed E-state index contributed by atoms with van der Waals surface area (Å²) in [5.41, 5.74) is -0.0231. The molecule has 6 nitrogen and oxygen atoms in total. The molecule has 2 N–H and O–H groups in total. The average molecular weight is 280 g/mol. The van der Waals surface area contributed by atoms with Crippen LogP contribution in [0, 0.1) is 0 Å². The summed E-state index contributed by atoms with van der Waals surface area (Å²) in [4.78, 5) is 8.85.